The summed E-state index contributed by atoms with van der Waals surface area (Å²) in [6, 6.07) is 4.46. The first-order valence-electron chi connectivity index (χ1n) is 5.43. The van der Waals surface area contributed by atoms with Crippen LogP contribution in [0.3, 0.4) is 0 Å². The van der Waals surface area contributed by atoms with Gasteiger partial charge in [0.1, 0.15) is 17.2 Å². The zero-order valence-electron chi connectivity index (χ0n) is 10.2. The van der Waals surface area contributed by atoms with Crippen LogP contribution in [0.25, 0.3) is 0 Å². The van der Waals surface area contributed by atoms with Gasteiger partial charge in [-0.05, 0) is 35.0 Å². The van der Waals surface area contributed by atoms with E-state index in [9.17, 15) is 9.18 Å². The summed E-state index contributed by atoms with van der Waals surface area (Å²) in [5.41, 5.74) is 0.696. The molecule has 1 aromatic carbocycles. The van der Waals surface area contributed by atoms with Gasteiger partial charge in [-0.3, -0.25) is 10.1 Å². The quantitative estimate of drug-likeness (QED) is 0.501. The van der Waals surface area contributed by atoms with Gasteiger partial charge >= 0.3 is 0 Å². The van der Waals surface area contributed by atoms with Gasteiger partial charge in [-0.15, -0.1) is 11.3 Å². The van der Waals surface area contributed by atoms with Gasteiger partial charge in [0, 0.05) is 5.38 Å². The van der Waals surface area contributed by atoms with Gasteiger partial charge in [0.25, 0.3) is 5.91 Å². The van der Waals surface area contributed by atoms with Crippen LogP contribution in [-0.2, 0) is 0 Å². The summed E-state index contributed by atoms with van der Waals surface area (Å²) >= 11 is 4.18. The first kappa shape index (κ1) is 14.6. The molecule has 2 rings (SSSR count). The van der Waals surface area contributed by atoms with Crippen molar-refractivity contribution in [2.45, 2.75) is 6.92 Å². The summed E-state index contributed by atoms with van der Waals surface area (Å²) in [5.74, 6) is -1.22. The Morgan fingerprint density at radius 2 is 2.30 bits per heavy atom. The molecule has 2 N–H and O–H groups in total. The topological polar surface area (TPSA) is 74.6 Å². The minimum atomic E-state index is -0.630. The van der Waals surface area contributed by atoms with Gasteiger partial charge in [0.15, 0.2) is 5.13 Å². The van der Waals surface area contributed by atoms with Crippen LogP contribution < -0.4 is 5.32 Å². The summed E-state index contributed by atoms with van der Waals surface area (Å²) in [6.45, 7) is 1.58. The van der Waals surface area contributed by atoms with Crippen molar-refractivity contribution >= 4 is 44.0 Å². The molecule has 2 aromatic rings. The van der Waals surface area contributed by atoms with Crippen LogP contribution in [0, 0.1) is 5.82 Å². The Balaban J connectivity index is 2.20. The molecule has 0 aliphatic heterocycles. The highest BCUT2D eigenvalue weighted by molar-refractivity contribution is 9.10. The largest absolute Gasteiger partial charge is 0.411 e. The van der Waals surface area contributed by atoms with Crippen molar-refractivity contribution in [1.82, 2.24) is 4.98 Å². The molecular weight excluding hydrogens is 349 g/mol. The lowest BCUT2D eigenvalue weighted by molar-refractivity contribution is 0.102. The van der Waals surface area contributed by atoms with Crippen LogP contribution in [0.2, 0.25) is 0 Å². The van der Waals surface area contributed by atoms with Crippen LogP contribution in [-0.4, -0.2) is 21.8 Å². The summed E-state index contributed by atoms with van der Waals surface area (Å²) in [5, 5.41) is 16.1. The number of hydrogen-bond acceptors (Lipinski definition) is 5. The highest BCUT2D eigenvalue weighted by Crippen LogP contribution is 2.21. The predicted octanol–water partition coefficient (Wildman–Crippen LogP) is 3.50. The van der Waals surface area contributed by atoms with Gasteiger partial charge in [-0.2, -0.15) is 0 Å². The maximum absolute atomic E-state index is 13.8. The number of carbonyl (C=O) groups is 1. The first-order chi connectivity index (χ1) is 9.52. The minimum Gasteiger partial charge on any atom is -0.411 e. The van der Waals surface area contributed by atoms with E-state index < -0.39 is 11.7 Å². The van der Waals surface area contributed by atoms with E-state index in [0.29, 0.717) is 16.5 Å². The molecule has 0 aliphatic carbocycles. The second-order valence-corrected chi connectivity index (χ2v) is 5.49. The summed E-state index contributed by atoms with van der Waals surface area (Å²) in [6.07, 6.45) is 0. The molecule has 0 bridgehead atoms. The maximum Gasteiger partial charge on any atom is 0.260 e. The first-order valence-corrected chi connectivity index (χ1v) is 7.10. The Labute approximate surface area is 126 Å². The third-order valence-electron chi connectivity index (χ3n) is 2.44. The molecule has 0 aliphatic rings. The van der Waals surface area contributed by atoms with E-state index in [1.807, 2.05) is 0 Å². The maximum atomic E-state index is 13.8. The number of hydrogen-bond donors (Lipinski definition) is 2. The number of amides is 1. The molecule has 0 spiro atoms. The van der Waals surface area contributed by atoms with Crippen molar-refractivity contribution in [3.05, 3.63) is 45.1 Å². The molecule has 0 radical (unpaired) electrons. The predicted molar refractivity (Wildman–Crippen MR) is 78.2 cm³/mol. The third kappa shape index (κ3) is 3.02. The Hall–Kier alpha value is -1.80. The molecule has 0 saturated heterocycles. The lowest BCUT2D eigenvalue weighted by Gasteiger charge is -2.04. The summed E-state index contributed by atoms with van der Waals surface area (Å²) in [4.78, 5) is 16.0. The van der Waals surface area contributed by atoms with Gasteiger partial charge in [-0.25, -0.2) is 9.37 Å². The molecule has 0 atom stereocenters. The zero-order chi connectivity index (χ0) is 14.7. The second kappa shape index (κ2) is 6.10. The molecule has 8 heteroatoms. The normalized spacial score (nSPS) is 11.4. The monoisotopic (exact) mass is 357 g/mol. The smallest absolute Gasteiger partial charge is 0.260 e. The molecule has 0 unspecified atom stereocenters. The highest BCUT2D eigenvalue weighted by Gasteiger charge is 2.15. The minimum absolute atomic E-state index is 0.0799. The van der Waals surface area contributed by atoms with Crippen molar-refractivity contribution in [2.75, 3.05) is 5.32 Å². The molecule has 20 heavy (non-hydrogen) atoms. The fourth-order valence-corrected chi connectivity index (χ4v) is 2.51. The molecule has 1 heterocycles. The Bertz CT molecular complexity index is 687. The Morgan fingerprint density at radius 3 is 3.00 bits per heavy atom. The number of nitrogens with zero attached hydrogens (tertiary/aromatic N) is 2. The van der Waals surface area contributed by atoms with Gasteiger partial charge in [0.2, 0.25) is 0 Å². The number of anilines is 1. The van der Waals surface area contributed by atoms with Crippen molar-refractivity contribution in [1.29, 1.82) is 0 Å². The van der Waals surface area contributed by atoms with E-state index in [0.717, 1.165) is 11.3 Å². The van der Waals surface area contributed by atoms with E-state index in [1.54, 1.807) is 18.4 Å². The van der Waals surface area contributed by atoms with E-state index in [1.165, 1.54) is 12.1 Å². The van der Waals surface area contributed by atoms with E-state index >= 15 is 0 Å². The fraction of sp³-hybridized carbons (Fsp3) is 0.0833. The van der Waals surface area contributed by atoms with Crippen LogP contribution in [0.15, 0.2) is 33.2 Å². The summed E-state index contributed by atoms with van der Waals surface area (Å²) < 4.78 is 14.0. The number of carbonyl (C=O) groups excluding carboxylic acids is 1. The van der Waals surface area contributed by atoms with Gasteiger partial charge in [0.05, 0.1) is 10.0 Å². The number of halogens is 2. The van der Waals surface area contributed by atoms with Crippen molar-refractivity contribution in [2.24, 2.45) is 5.16 Å². The molecule has 0 saturated carbocycles. The van der Waals surface area contributed by atoms with E-state index in [-0.39, 0.29) is 10.0 Å². The number of nitrogens with one attached hydrogen (secondary N) is 1. The van der Waals surface area contributed by atoms with E-state index in [2.05, 4.69) is 31.4 Å². The number of thiazole rings is 1. The molecule has 104 valence electrons. The highest BCUT2D eigenvalue weighted by atomic mass is 79.9. The number of rotatable bonds is 3. The van der Waals surface area contributed by atoms with Crippen LogP contribution in [0.1, 0.15) is 23.0 Å². The molecule has 1 amide bonds. The van der Waals surface area contributed by atoms with E-state index in [4.69, 9.17) is 5.21 Å². The van der Waals surface area contributed by atoms with Gasteiger partial charge in [-0.1, -0.05) is 11.2 Å². The molecule has 1 aromatic heterocycles. The number of benzene rings is 1. The number of aromatic nitrogens is 1. The lowest BCUT2D eigenvalue weighted by Crippen LogP contribution is -2.14. The zero-order valence-corrected chi connectivity index (χ0v) is 12.6. The Kier molecular flexibility index (Phi) is 4.46. The van der Waals surface area contributed by atoms with Crippen LogP contribution in [0.5, 0.6) is 0 Å². The van der Waals surface area contributed by atoms with Crippen molar-refractivity contribution in [3.8, 4) is 0 Å². The standard InChI is InChI=1S/C12H9BrFN3O2S/c1-6(17-19)9-5-20-12(15-9)16-11(18)7-3-2-4-8(13)10(7)14/h2-5,19H,1H3,(H,15,16,18)/b17-6-. The van der Waals surface area contributed by atoms with Crippen molar-refractivity contribution < 1.29 is 14.4 Å². The van der Waals surface area contributed by atoms with Crippen LogP contribution in [0.4, 0.5) is 9.52 Å². The number of oxime groups is 1. The summed E-state index contributed by atoms with van der Waals surface area (Å²) in [7, 11) is 0. The fourth-order valence-electron chi connectivity index (χ4n) is 1.39. The average molecular weight is 358 g/mol. The van der Waals surface area contributed by atoms with Crippen LogP contribution >= 0.6 is 27.3 Å². The molecular formula is C12H9BrFN3O2S. The molecule has 5 nitrogen and oxygen atoms in total. The SMILES string of the molecule is C/C(=N/O)c1csc(NC(=O)c2cccc(Br)c2F)n1. The third-order valence-corrected chi connectivity index (χ3v) is 3.81. The van der Waals surface area contributed by atoms with Gasteiger partial charge < -0.3 is 5.21 Å². The van der Waals surface area contributed by atoms with Crippen molar-refractivity contribution in [3.63, 3.8) is 0 Å². The average Bonchev–Trinajstić information content (AvgIpc) is 2.89. The molecule has 0 fully saturated rings. The Morgan fingerprint density at radius 1 is 1.55 bits per heavy atom. The second-order valence-electron chi connectivity index (χ2n) is 3.78. The lowest BCUT2D eigenvalue weighted by atomic mass is 10.2.